The molecule has 2 heteroatoms. The van der Waals surface area contributed by atoms with Crippen LogP contribution in [0.15, 0.2) is 24.3 Å². The van der Waals surface area contributed by atoms with Crippen LogP contribution < -0.4 is 4.74 Å². The lowest BCUT2D eigenvalue weighted by atomic mass is 9.68. The monoisotopic (exact) mass is 206 g/mol. The summed E-state index contributed by atoms with van der Waals surface area (Å²) in [5, 5.41) is 10.3. The number of benzene rings is 1. The molecule has 0 fully saturated rings. The molecule has 1 aromatic rings. The number of fused-ring (bicyclic) bond motifs is 1. The maximum absolute atomic E-state index is 10.3. The summed E-state index contributed by atoms with van der Waals surface area (Å²) in [5.41, 5.74) is 0.885. The molecule has 0 aromatic heterocycles. The molecule has 1 aromatic carbocycles. The SMILES string of the molecule is CC1c2ccccc2OC(C)(O)C1(C)C. The van der Waals surface area contributed by atoms with Crippen molar-refractivity contribution >= 4 is 0 Å². The third-order valence-electron chi connectivity index (χ3n) is 3.97. The molecule has 2 atom stereocenters. The molecule has 1 heterocycles. The lowest BCUT2D eigenvalue weighted by molar-refractivity contribution is -0.215. The molecule has 0 spiro atoms. The summed E-state index contributed by atoms with van der Waals surface area (Å²) in [6, 6.07) is 7.92. The number of para-hydroxylation sites is 1. The Labute approximate surface area is 90.9 Å². The van der Waals surface area contributed by atoms with Crippen LogP contribution in [-0.2, 0) is 0 Å². The van der Waals surface area contributed by atoms with Crippen molar-refractivity contribution in [3.63, 3.8) is 0 Å². The Morgan fingerprint density at radius 2 is 1.80 bits per heavy atom. The Bertz CT molecular complexity index is 380. The van der Waals surface area contributed by atoms with Gasteiger partial charge in [-0.05, 0) is 17.5 Å². The summed E-state index contributed by atoms with van der Waals surface area (Å²) in [6.45, 7) is 7.94. The predicted octanol–water partition coefficient (Wildman–Crippen LogP) is 2.92. The Hall–Kier alpha value is -1.02. The van der Waals surface area contributed by atoms with Gasteiger partial charge >= 0.3 is 0 Å². The zero-order chi connectivity index (χ0) is 11.3. The summed E-state index contributed by atoms with van der Waals surface area (Å²) in [6.07, 6.45) is 0. The largest absolute Gasteiger partial charge is 0.462 e. The van der Waals surface area contributed by atoms with Gasteiger partial charge in [-0.25, -0.2) is 0 Å². The van der Waals surface area contributed by atoms with E-state index in [0.29, 0.717) is 0 Å². The van der Waals surface area contributed by atoms with Gasteiger partial charge in [-0.1, -0.05) is 39.0 Å². The van der Waals surface area contributed by atoms with E-state index in [4.69, 9.17) is 4.74 Å². The van der Waals surface area contributed by atoms with E-state index < -0.39 is 5.79 Å². The van der Waals surface area contributed by atoms with Crippen LogP contribution in [0.5, 0.6) is 5.75 Å². The van der Waals surface area contributed by atoms with Crippen molar-refractivity contribution < 1.29 is 9.84 Å². The molecule has 1 aliphatic rings. The highest BCUT2D eigenvalue weighted by atomic mass is 16.6. The van der Waals surface area contributed by atoms with E-state index in [1.54, 1.807) is 6.92 Å². The number of rotatable bonds is 0. The average molecular weight is 206 g/mol. The van der Waals surface area contributed by atoms with Gasteiger partial charge in [0.15, 0.2) is 0 Å². The van der Waals surface area contributed by atoms with Crippen molar-refractivity contribution in [3.8, 4) is 5.75 Å². The van der Waals surface area contributed by atoms with Gasteiger partial charge in [0.2, 0.25) is 5.79 Å². The third-order valence-corrected chi connectivity index (χ3v) is 3.97. The predicted molar refractivity (Wildman–Crippen MR) is 59.9 cm³/mol. The fraction of sp³-hybridized carbons (Fsp3) is 0.538. The molecular formula is C13H18O2. The summed E-state index contributed by atoms with van der Waals surface area (Å²) < 4.78 is 5.66. The van der Waals surface area contributed by atoms with E-state index in [1.165, 1.54) is 5.56 Å². The fourth-order valence-corrected chi connectivity index (χ4v) is 2.07. The van der Waals surface area contributed by atoms with Crippen LogP contribution in [0.3, 0.4) is 0 Å². The summed E-state index contributed by atoms with van der Waals surface area (Å²) in [5.74, 6) is -0.0346. The van der Waals surface area contributed by atoms with Gasteiger partial charge in [0, 0.05) is 12.3 Å². The molecule has 2 nitrogen and oxygen atoms in total. The normalized spacial score (nSPS) is 33.0. The smallest absolute Gasteiger partial charge is 0.210 e. The Morgan fingerprint density at radius 1 is 1.20 bits per heavy atom. The summed E-state index contributed by atoms with van der Waals surface area (Å²) in [7, 11) is 0. The average Bonchev–Trinajstić information content (AvgIpc) is 2.15. The minimum absolute atomic E-state index is 0.275. The van der Waals surface area contributed by atoms with Crippen molar-refractivity contribution in [1.82, 2.24) is 0 Å². The van der Waals surface area contributed by atoms with Gasteiger partial charge in [-0.3, -0.25) is 0 Å². The van der Waals surface area contributed by atoms with Crippen LogP contribution in [0.2, 0.25) is 0 Å². The van der Waals surface area contributed by atoms with E-state index in [9.17, 15) is 5.11 Å². The maximum Gasteiger partial charge on any atom is 0.210 e. The van der Waals surface area contributed by atoms with E-state index in [0.717, 1.165) is 5.75 Å². The highest BCUT2D eigenvalue weighted by molar-refractivity contribution is 5.40. The highest BCUT2D eigenvalue weighted by Crippen LogP contribution is 2.51. The molecule has 82 valence electrons. The van der Waals surface area contributed by atoms with Crippen LogP contribution in [0.4, 0.5) is 0 Å². The van der Waals surface area contributed by atoms with Gasteiger partial charge in [0.1, 0.15) is 5.75 Å². The fourth-order valence-electron chi connectivity index (χ4n) is 2.07. The van der Waals surface area contributed by atoms with Crippen LogP contribution in [0.25, 0.3) is 0 Å². The van der Waals surface area contributed by atoms with Crippen LogP contribution in [-0.4, -0.2) is 10.9 Å². The molecule has 0 aliphatic carbocycles. The lowest BCUT2D eigenvalue weighted by Crippen LogP contribution is -2.52. The molecule has 1 aliphatic heterocycles. The van der Waals surface area contributed by atoms with Crippen molar-refractivity contribution in [3.05, 3.63) is 29.8 Å². The molecule has 0 amide bonds. The van der Waals surface area contributed by atoms with Gasteiger partial charge < -0.3 is 9.84 Å². The minimum atomic E-state index is -1.11. The number of hydrogen-bond acceptors (Lipinski definition) is 2. The van der Waals surface area contributed by atoms with Crippen molar-refractivity contribution in [2.24, 2.45) is 5.41 Å². The van der Waals surface area contributed by atoms with Gasteiger partial charge in [-0.2, -0.15) is 0 Å². The van der Waals surface area contributed by atoms with Crippen molar-refractivity contribution in [2.75, 3.05) is 0 Å². The lowest BCUT2D eigenvalue weighted by Gasteiger charge is -2.48. The van der Waals surface area contributed by atoms with Gasteiger partial charge in [0.05, 0.1) is 0 Å². The zero-order valence-electron chi connectivity index (χ0n) is 9.74. The van der Waals surface area contributed by atoms with Crippen LogP contribution >= 0.6 is 0 Å². The first kappa shape index (κ1) is 10.5. The van der Waals surface area contributed by atoms with Crippen molar-refractivity contribution in [2.45, 2.75) is 39.4 Å². The second-order valence-electron chi connectivity index (χ2n) is 5.07. The molecule has 2 unspecified atom stereocenters. The molecule has 0 radical (unpaired) electrons. The maximum atomic E-state index is 10.3. The molecule has 2 rings (SSSR count). The molecule has 1 N–H and O–H groups in total. The van der Waals surface area contributed by atoms with Crippen LogP contribution in [0, 0.1) is 5.41 Å². The molecule has 0 bridgehead atoms. The summed E-state index contributed by atoms with van der Waals surface area (Å²) in [4.78, 5) is 0. The minimum Gasteiger partial charge on any atom is -0.462 e. The zero-order valence-corrected chi connectivity index (χ0v) is 9.74. The topological polar surface area (TPSA) is 29.5 Å². The summed E-state index contributed by atoms with van der Waals surface area (Å²) >= 11 is 0. The number of ether oxygens (including phenoxy) is 1. The van der Waals surface area contributed by atoms with E-state index >= 15 is 0 Å². The van der Waals surface area contributed by atoms with Gasteiger partial charge in [-0.15, -0.1) is 0 Å². The third kappa shape index (κ3) is 1.36. The van der Waals surface area contributed by atoms with Crippen LogP contribution in [0.1, 0.15) is 39.2 Å². The highest BCUT2D eigenvalue weighted by Gasteiger charge is 2.50. The Kier molecular flexibility index (Phi) is 2.09. The molecule has 15 heavy (non-hydrogen) atoms. The van der Waals surface area contributed by atoms with E-state index in [2.05, 4.69) is 13.0 Å². The number of hydrogen-bond donors (Lipinski definition) is 1. The molecular weight excluding hydrogens is 188 g/mol. The Balaban J connectivity index is 2.56. The quantitative estimate of drug-likeness (QED) is 0.707. The Morgan fingerprint density at radius 3 is 2.47 bits per heavy atom. The second-order valence-corrected chi connectivity index (χ2v) is 5.07. The first-order chi connectivity index (χ1) is 6.86. The van der Waals surface area contributed by atoms with Gasteiger partial charge in [0.25, 0.3) is 0 Å². The van der Waals surface area contributed by atoms with E-state index in [1.807, 2.05) is 32.0 Å². The second kappa shape index (κ2) is 2.99. The first-order valence-electron chi connectivity index (χ1n) is 5.36. The standard InChI is InChI=1S/C13H18O2/c1-9-10-7-5-6-8-11(10)15-13(4,14)12(9,2)3/h5-9,14H,1-4H3. The molecule has 0 saturated carbocycles. The van der Waals surface area contributed by atoms with E-state index in [-0.39, 0.29) is 11.3 Å². The molecule has 0 saturated heterocycles. The van der Waals surface area contributed by atoms with Crippen molar-refractivity contribution in [1.29, 1.82) is 0 Å². The first-order valence-corrected chi connectivity index (χ1v) is 5.36. The number of aliphatic hydroxyl groups is 1.